The lowest BCUT2D eigenvalue weighted by Crippen LogP contribution is -3.05. The van der Waals surface area contributed by atoms with E-state index >= 15 is 0 Å². The summed E-state index contributed by atoms with van der Waals surface area (Å²) in [6.45, 7) is 3.88. The van der Waals surface area contributed by atoms with Crippen LogP contribution in [-0.4, -0.2) is 44.6 Å². The van der Waals surface area contributed by atoms with Gasteiger partial charge in [-0.05, 0) is 42.8 Å². The second kappa shape index (κ2) is 8.73. The van der Waals surface area contributed by atoms with E-state index in [1.807, 2.05) is 31.2 Å². The average Bonchev–Trinajstić information content (AvgIpc) is 3.01. The molecule has 7 heteroatoms. The maximum absolute atomic E-state index is 13.5. The van der Waals surface area contributed by atoms with E-state index in [0.717, 1.165) is 18.5 Å². The Bertz CT molecular complexity index is 1190. The Morgan fingerprint density at radius 3 is 2.71 bits per heavy atom. The number of halogens is 1. The Kier molecular flexibility index (Phi) is 6.03. The fourth-order valence-electron chi connectivity index (χ4n) is 4.11. The molecule has 3 aromatic rings. The zero-order valence-electron chi connectivity index (χ0n) is 17.9. The third-order valence-electron chi connectivity index (χ3n) is 5.49. The van der Waals surface area contributed by atoms with Gasteiger partial charge in [-0.2, -0.15) is 0 Å². The monoisotopic (exact) mass is 441 g/mol. The van der Waals surface area contributed by atoms with Crippen LogP contribution in [0.15, 0.2) is 51.7 Å². The molecule has 0 aliphatic carbocycles. The van der Waals surface area contributed by atoms with E-state index in [2.05, 4.69) is 14.1 Å². The van der Waals surface area contributed by atoms with Crippen LogP contribution >= 0.6 is 11.6 Å². The van der Waals surface area contributed by atoms with Gasteiger partial charge in [-0.25, -0.2) is 0 Å². The first-order valence-corrected chi connectivity index (χ1v) is 10.9. The van der Waals surface area contributed by atoms with Crippen molar-refractivity contribution in [3.63, 3.8) is 0 Å². The average molecular weight is 442 g/mol. The highest BCUT2D eigenvalue weighted by atomic mass is 35.5. The predicted octanol–water partition coefficient (Wildman–Crippen LogP) is 2.92. The van der Waals surface area contributed by atoms with Crippen LogP contribution < -0.4 is 15.1 Å². The van der Waals surface area contributed by atoms with Crippen molar-refractivity contribution in [3.8, 4) is 5.75 Å². The second-order valence-electron chi connectivity index (χ2n) is 8.03. The molecule has 2 aromatic carbocycles. The van der Waals surface area contributed by atoms with Gasteiger partial charge in [0.25, 0.3) is 5.91 Å². The predicted molar refractivity (Wildman–Crippen MR) is 120 cm³/mol. The SMILES string of the molecule is CCOc1cccc([C@@H]2c3c(oc4ccc(Cl)cc4c3=O)C(=O)N2CCC[NH+](C)C)c1. The van der Waals surface area contributed by atoms with Crippen LogP contribution in [0, 0.1) is 0 Å². The molecular weight excluding hydrogens is 416 g/mol. The number of rotatable bonds is 7. The van der Waals surface area contributed by atoms with Gasteiger partial charge in [0.1, 0.15) is 11.3 Å². The standard InChI is InChI=1S/C24H25ClN2O4/c1-4-30-17-8-5-7-15(13-17)21-20-22(28)18-14-16(25)9-10-19(18)31-23(20)24(29)27(21)12-6-11-26(2)3/h5,7-10,13-14,21H,4,6,11-12H2,1-3H3/p+1/t21-/m1/s1. The third kappa shape index (κ3) is 4.05. The molecule has 0 unspecified atom stereocenters. The molecule has 1 N–H and O–H groups in total. The molecule has 0 spiro atoms. The van der Waals surface area contributed by atoms with E-state index in [1.165, 1.54) is 4.90 Å². The van der Waals surface area contributed by atoms with Gasteiger partial charge in [0.2, 0.25) is 5.76 Å². The van der Waals surface area contributed by atoms with Crippen molar-refractivity contribution in [1.29, 1.82) is 0 Å². The topological polar surface area (TPSA) is 64.2 Å². The number of hydrogen-bond acceptors (Lipinski definition) is 4. The summed E-state index contributed by atoms with van der Waals surface area (Å²) in [5, 5.41) is 0.828. The molecule has 162 valence electrons. The van der Waals surface area contributed by atoms with Gasteiger partial charge in [-0.3, -0.25) is 9.59 Å². The summed E-state index contributed by atoms with van der Waals surface area (Å²) in [5.41, 5.74) is 1.33. The molecule has 0 saturated heterocycles. The van der Waals surface area contributed by atoms with Crippen LogP contribution in [0.3, 0.4) is 0 Å². The number of carbonyl (C=O) groups excluding carboxylic acids is 1. The smallest absolute Gasteiger partial charge is 0.290 e. The molecule has 0 fully saturated rings. The molecule has 0 saturated carbocycles. The Hall–Kier alpha value is -2.83. The molecule has 6 nitrogen and oxygen atoms in total. The van der Waals surface area contributed by atoms with E-state index in [0.29, 0.717) is 40.5 Å². The Morgan fingerprint density at radius 1 is 1.16 bits per heavy atom. The van der Waals surface area contributed by atoms with Gasteiger partial charge in [-0.15, -0.1) is 0 Å². The van der Waals surface area contributed by atoms with Crippen molar-refractivity contribution < 1.29 is 18.8 Å². The van der Waals surface area contributed by atoms with Crippen molar-refractivity contribution in [2.75, 3.05) is 33.8 Å². The van der Waals surface area contributed by atoms with E-state index < -0.39 is 6.04 Å². The number of amides is 1. The maximum atomic E-state index is 13.5. The Balaban J connectivity index is 1.87. The quantitative estimate of drug-likeness (QED) is 0.612. The van der Waals surface area contributed by atoms with Crippen LogP contribution in [0.5, 0.6) is 5.75 Å². The zero-order chi connectivity index (χ0) is 22.1. The summed E-state index contributed by atoms with van der Waals surface area (Å²) in [5.74, 6) is 0.556. The third-order valence-corrected chi connectivity index (χ3v) is 5.72. The first-order valence-electron chi connectivity index (χ1n) is 10.5. The minimum atomic E-state index is -0.528. The van der Waals surface area contributed by atoms with E-state index in [4.69, 9.17) is 20.8 Å². The summed E-state index contributed by atoms with van der Waals surface area (Å²) < 4.78 is 11.6. The summed E-state index contributed by atoms with van der Waals surface area (Å²) in [7, 11) is 4.15. The second-order valence-corrected chi connectivity index (χ2v) is 8.47. The molecule has 31 heavy (non-hydrogen) atoms. The summed E-state index contributed by atoms with van der Waals surface area (Å²) >= 11 is 6.13. The van der Waals surface area contributed by atoms with Gasteiger partial charge < -0.3 is 19.0 Å². The van der Waals surface area contributed by atoms with Crippen LogP contribution in [-0.2, 0) is 0 Å². The summed E-state index contributed by atoms with van der Waals surface area (Å²) in [4.78, 5) is 29.9. The lowest BCUT2D eigenvalue weighted by Gasteiger charge is -2.25. The molecule has 1 aromatic heterocycles. The lowest BCUT2D eigenvalue weighted by atomic mass is 9.98. The van der Waals surface area contributed by atoms with Crippen LogP contribution in [0.1, 0.15) is 41.1 Å². The van der Waals surface area contributed by atoms with Gasteiger partial charge in [0, 0.05) is 18.0 Å². The summed E-state index contributed by atoms with van der Waals surface area (Å²) in [6, 6.07) is 11.9. The number of quaternary nitrogens is 1. The molecule has 1 atom stereocenters. The van der Waals surface area contributed by atoms with E-state index in [9.17, 15) is 9.59 Å². The molecule has 1 amide bonds. The Labute approximate surface area is 186 Å². The maximum Gasteiger partial charge on any atom is 0.290 e. The number of benzene rings is 2. The number of nitrogens with zero attached hydrogens (tertiary/aromatic N) is 1. The number of carbonyl (C=O) groups is 1. The molecule has 1 aliphatic rings. The highest BCUT2D eigenvalue weighted by molar-refractivity contribution is 6.31. The largest absolute Gasteiger partial charge is 0.494 e. The highest BCUT2D eigenvalue weighted by Gasteiger charge is 2.42. The molecule has 2 heterocycles. The normalized spacial score (nSPS) is 15.7. The van der Waals surface area contributed by atoms with Gasteiger partial charge in [0.05, 0.1) is 44.2 Å². The van der Waals surface area contributed by atoms with Crippen LogP contribution in [0.4, 0.5) is 0 Å². The van der Waals surface area contributed by atoms with Crippen molar-refractivity contribution in [2.24, 2.45) is 0 Å². The van der Waals surface area contributed by atoms with E-state index in [-0.39, 0.29) is 17.1 Å². The van der Waals surface area contributed by atoms with Gasteiger partial charge in [-0.1, -0.05) is 23.7 Å². The van der Waals surface area contributed by atoms with Crippen LogP contribution in [0.2, 0.25) is 5.02 Å². The first-order chi connectivity index (χ1) is 14.9. The fraction of sp³-hybridized carbons (Fsp3) is 0.333. The van der Waals surface area contributed by atoms with Gasteiger partial charge >= 0.3 is 0 Å². The van der Waals surface area contributed by atoms with Crippen molar-refractivity contribution in [1.82, 2.24) is 4.90 Å². The molecule has 0 bridgehead atoms. The lowest BCUT2D eigenvalue weighted by molar-refractivity contribution is -0.858. The number of nitrogens with one attached hydrogen (secondary N) is 1. The molecular formula is C24H26ClN2O4+. The van der Waals surface area contributed by atoms with Crippen molar-refractivity contribution in [3.05, 3.63) is 74.6 Å². The van der Waals surface area contributed by atoms with Gasteiger partial charge in [0.15, 0.2) is 5.43 Å². The first kappa shape index (κ1) is 21.4. The zero-order valence-corrected chi connectivity index (χ0v) is 18.7. The minimum absolute atomic E-state index is 0.115. The number of ether oxygens (including phenoxy) is 1. The molecule has 4 rings (SSSR count). The van der Waals surface area contributed by atoms with Crippen molar-refractivity contribution in [2.45, 2.75) is 19.4 Å². The van der Waals surface area contributed by atoms with E-state index in [1.54, 1.807) is 23.1 Å². The van der Waals surface area contributed by atoms with Crippen LogP contribution in [0.25, 0.3) is 11.0 Å². The number of fused-ring (bicyclic) bond motifs is 2. The highest BCUT2D eigenvalue weighted by Crippen LogP contribution is 2.39. The summed E-state index contributed by atoms with van der Waals surface area (Å²) in [6.07, 6.45) is 0.809. The number of hydrogen-bond donors (Lipinski definition) is 1. The molecule has 1 aliphatic heterocycles. The fourth-order valence-corrected chi connectivity index (χ4v) is 4.29. The Morgan fingerprint density at radius 2 is 1.97 bits per heavy atom. The van der Waals surface area contributed by atoms with Crippen molar-refractivity contribution >= 4 is 28.5 Å². The molecule has 0 radical (unpaired) electrons. The minimum Gasteiger partial charge on any atom is -0.494 e.